The van der Waals surface area contributed by atoms with Crippen LogP contribution in [0.25, 0.3) is 0 Å². The Kier molecular flexibility index (Phi) is 4.78. The topological polar surface area (TPSA) is 26.0 Å². The number of thioether (sulfide) groups is 1. The monoisotopic (exact) mass is 315 g/mol. The van der Waals surface area contributed by atoms with Crippen LogP contribution in [0.4, 0.5) is 4.39 Å². The minimum absolute atomic E-state index is 0.0888. The Morgan fingerprint density at radius 1 is 1.18 bits per heavy atom. The number of hydrogen-bond acceptors (Lipinski definition) is 2. The summed E-state index contributed by atoms with van der Waals surface area (Å²) in [5, 5.41) is 3.41. The van der Waals surface area contributed by atoms with Gasteiger partial charge in [-0.25, -0.2) is 4.39 Å². The van der Waals surface area contributed by atoms with E-state index < -0.39 is 0 Å². The van der Waals surface area contributed by atoms with Gasteiger partial charge in [0.25, 0.3) is 5.84 Å². The normalized spacial score (nSPS) is 14.4. The Balaban J connectivity index is 1.81. The predicted molar refractivity (Wildman–Crippen MR) is 89.7 cm³/mol. The van der Waals surface area contributed by atoms with Crippen molar-refractivity contribution in [2.24, 2.45) is 0 Å². The lowest BCUT2D eigenvalue weighted by atomic mass is 10.1. The first-order chi connectivity index (χ1) is 10.8. The number of benzene rings is 2. The molecule has 0 atom stereocenters. The number of nitrogens with one attached hydrogen (secondary N) is 2. The lowest BCUT2D eigenvalue weighted by molar-refractivity contribution is -0.463. The molecule has 0 aliphatic carbocycles. The Bertz CT molecular complexity index is 697. The van der Waals surface area contributed by atoms with Crippen LogP contribution in [0.2, 0.25) is 0 Å². The minimum Gasteiger partial charge on any atom is -0.274 e. The number of halogens is 1. The lowest BCUT2D eigenvalue weighted by Crippen LogP contribution is -2.79. The molecule has 2 aromatic carbocycles. The van der Waals surface area contributed by atoms with Crippen molar-refractivity contribution in [3.8, 4) is 0 Å². The molecule has 0 saturated heterocycles. The van der Waals surface area contributed by atoms with Crippen LogP contribution in [0.5, 0.6) is 0 Å². The van der Waals surface area contributed by atoms with Crippen molar-refractivity contribution < 1.29 is 9.38 Å². The summed E-state index contributed by atoms with van der Waals surface area (Å²) >= 11 is 1.68. The molecule has 3 rings (SSSR count). The van der Waals surface area contributed by atoms with Crippen LogP contribution in [-0.2, 0) is 5.75 Å². The summed E-state index contributed by atoms with van der Waals surface area (Å²) in [5.41, 5.74) is 2.63. The molecule has 1 aliphatic heterocycles. The van der Waals surface area contributed by atoms with Crippen LogP contribution in [0.1, 0.15) is 23.1 Å². The summed E-state index contributed by atoms with van der Waals surface area (Å²) in [4.78, 5) is 4.58. The van der Waals surface area contributed by atoms with Crippen LogP contribution < -0.4 is 10.3 Å². The van der Waals surface area contributed by atoms with Gasteiger partial charge in [0.15, 0.2) is 0 Å². The fourth-order valence-electron chi connectivity index (χ4n) is 2.54. The number of hydrogen-bond donors (Lipinski definition) is 2. The average Bonchev–Trinajstić information content (AvgIpc) is 2.57. The Morgan fingerprint density at radius 2 is 2.05 bits per heavy atom. The Labute approximate surface area is 134 Å². The molecular formula is C18H20FN2S+. The summed E-state index contributed by atoms with van der Waals surface area (Å²) in [6.45, 7) is 3.80. The van der Waals surface area contributed by atoms with Gasteiger partial charge in [0.2, 0.25) is 0 Å². The zero-order valence-electron chi connectivity index (χ0n) is 12.7. The molecule has 0 unspecified atom stereocenters. The third kappa shape index (κ3) is 3.33. The third-order valence-electron chi connectivity index (χ3n) is 3.77. The molecule has 0 saturated carbocycles. The van der Waals surface area contributed by atoms with Crippen LogP contribution in [0.15, 0.2) is 47.4 Å². The Hall–Kier alpha value is -1.81. The molecule has 22 heavy (non-hydrogen) atoms. The van der Waals surface area contributed by atoms with Gasteiger partial charge in [-0.05, 0) is 30.2 Å². The largest absolute Gasteiger partial charge is 0.276 e. The van der Waals surface area contributed by atoms with Gasteiger partial charge in [-0.1, -0.05) is 30.3 Å². The van der Waals surface area contributed by atoms with Crippen molar-refractivity contribution in [1.29, 1.82) is 0 Å². The summed E-state index contributed by atoms with van der Waals surface area (Å²) in [6.07, 6.45) is 1.13. The highest BCUT2D eigenvalue weighted by atomic mass is 32.2. The van der Waals surface area contributed by atoms with Gasteiger partial charge < -0.3 is 0 Å². The summed E-state index contributed by atoms with van der Waals surface area (Å²) in [7, 11) is 0. The molecule has 4 heteroatoms. The maximum absolute atomic E-state index is 14.1. The van der Waals surface area contributed by atoms with Gasteiger partial charge in [-0.2, -0.15) is 0 Å². The highest BCUT2D eigenvalue weighted by Gasteiger charge is 2.17. The molecule has 2 N–H and O–H groups in total. The molecule has 0 aromatic heterocycles. The fraction of sp³-hybridized carbons (Fsp3) is 0.278. The maximum Gasteiger partial charge on any atom is 0.276 e. The first kappa shape index (κ1) is 15.1. The average molecular weight is 315 g/mol. The van der Waals surface area contributed by atoms with E-state index in [0.29, 0.717) is 11.3 Å². The second kappa shape index (κ2) is 6.97. The van der Waals surface area contributed by atoms with Crippen LogP contribution in [-0.4, -0.2) is 18.9 Å². The van der Waals surface area contributed by atoms with Gasteiger partial charge in [-0.3, -0.25) is 10.3 Å². The number of aryl methyl sites for hydroxylation is 1. The van der Waals surface area contributed by atoms with E-state index in [1.54, 1.807) is 11.8 Å². The van der Waals surface area contributed by atoms with E-state index in [1.165, 1.54) is 10.5 Å². The number of amidine groups is 1. The van der Waals surface area contributed by atoms with Crippen molar-refractivity contribution in [1.82, 2.24) is 5.32 Å². The summed E-state index contributed by atoms with van der Waals surface area (Å²) < 4.78 is 14.1. The molecule has 0 amide bonds. The van der Waals surface area contributed by atoms with E-state index in [1.807, 2.05) is 37.3 Å². The SMILES string of the molecule is Cc1cccc(CSc2ccccc2C2=[NH+]CCCN2)c1F. The van der Waals surface area contributed by atoms with Gasteiger partial charge in [0.05, 0.1) is 18.7 Å². The van der Waals surface area contributed by atoms with Crippen molar-refractivity contribution in [2.75, 3.05) is 13.1 Å². The van der Waals surface area contributed by atoms with Gasteiger partial charge in [0.1, 0.15) is 5.82 Å². The molecule has 2 aromatic rings. The molecule has 2 nitrogen and oxygen atoms in total. The molecule has 0 bridgehead atoms. The van der Waals surface area contributed by atoms with E-state index in [2.05, 4.69) is 22.4 Å². The van der Waals surface area contributed by atoms with Gasteiger partial charge in [-0.15, -0.1) is 11.8 Å². The maximum atomic E-state index is 14.1. The summed E-state index contributed by atoms with van der Waals surface area (Å²) in [6, 6.07) is 13.9. The standard InChI is InChI=1S/C18H19FN2S/c1-13-6-4-7-14(17(13)19)12-22-16-9-3-2-8-15(16)18-20-10-5-11-21-18/h2-4,6-9H,5,10-12H2,1H3,(H,20,21)/p+1. The number of rotatable bonds is 4. The van der Waals surface area contributed by atoms with Crippen LogP contribution in [0, 0.1) is 12.7 Å². The first-order valence-corrected chi connectivity index (χ1v) is 8.55. The molecule has 1 heterocycles. The quantitative estimate of drug-likeness (QED) is 0.847. The molecular weight excluding hydrogens is 295 g/mol. The molecule has 0 spiro atoms. The van der Waals surface area contributed by atoms with Crippen molar-refractivity contribution in [3.63, 3.8) is 0 Å². The van der Waals surface area contributed by atoms with Crippen molar-refractivity contribution in [2.45, 2.75) is 24.0 Å². The summed E-state index contributed by atoms with van der Waals surface area (Å²) in [5.74, 6) is 1.63. The zero-order chi connectivity index (χ0) is 15.4. The third-order valence-corrected chi connectivity index (χ3v) is 4.89. The van der Waals surface area contributed by atoms with Crippen molar-refractivity contribution in [3.05, 3.63) is 65.0 Å². The van der Waals surface area contributed by atoms with E-state index >= 15 is 0 Å². The molecule has 0 fully saturated rings. The smallest absolute Gasteiger partial charge is 0.274 e. The van der Waals surface area contributed by atoms with E-state index in [-0.39, 0.29) is 5.82 Å². The molecule has 1 aliphatic rings. The second-order valence-corrected chi connectivity index (χ2v) is 6.43. The van der Waals surface area contributed by atoms with Crippen LogP contribution in [0.3, 0.4) is 0 Å². The lowest BCUT2D eigenvalue weighted by Gasteiger charge is -2.12. The Morgan fingerprint density at radius 3 is 2.86 bits per heavy atom. The van der Waals surface area contributed by atoms with E-state index in [0.717, 1.165) is 30.9 Å². The second-order valence-electron chi connectivity index (χ2n) is 5.41. The van der Waals surface area contributed by atoms with E-state index in [9.17, 15) is 4.39 Å². The molecule has 0 radical (unpaired) electrons. The fourth-order valence-corrected chi connectivity index (χ4v) is 3.58. The van der Waals surface area contributed by atoms with Gasteiger partial charge in [0, 0.05) is 17.1 Å². The zero-order valence-corrected chi connectivity index (χ0v) is 13.5. The predicted octanol–water partition coefficient (Wildman–Crippen LogP) is 2.25. The van der Waals surface area contributed by atoms with Crippen molar-refractivity contribution >= 4 is 17.6 Å². The van der Waals surface area contributed by atoms with E-state index in [4.69, 9.17) is 0 Å². The highest BCUT2D eigenvalue weighted by Crippen LogP contribution is 2.27. The highest BCUT2D eigenvalue weighted by molar-refractivity contribution is 7.98. The van der Waals surface area contributed by atoms with Gasteiger partial charge >= 0.3 is 0 Å². The first-order valence-electron chi connectivity index (χ1n) is 7.56. The van der Waals surface area contributed by atoms with Crippen LogP contribution >= 0.6 is 11.8 Å². The molecule has 114 valence electrons. The minimum atomic E-state index is -0.0888.